The lowest BCUT2D eigenvalue weighted by atomic mass is 10.1. The highest BCUT2D eigenvalue weighted by Gasteiger charge is 2.30. The number of hydrogen-bond acceptors (Lipinski definition) is 6. The predicted octanol–water partition coefficient (Wildman–Crippen LogP) is 0.687. The van der Waals surface area contributed by atoms with Crippen LogP contribution in [0, 0.1) is 10.7 Å². The van der Waals surface area contributed by atoms with E-state index in [1.54, 1.807) is 67.8 Å². The summed E-state index contributed by atoms with van der Waals surface area (Å²) in [7, 11) is 1.23. The van der Waals surface area contributed by atoms with Crippen molar-refractivity contribution in [2.45, 2.75) is 0 Å². The maximum Gasteiger partial charge on any atom is 0.337 e. The molecule has 0 aliphatic rings. The highest BCUT2D eigenvalue weighted by Crippen LogP contribution is 2.36. The molecule has 1 aromatic rings. The number of imide groups is 1. The summed E-state index contributed by atoms with van der Waals surface area (Å²) in [6, 6.07) is 0. The lowest BCUT2D eigenvalue weighted by Gasteiger charge is -2.21. The zero-order valence-electron chi connectivity index (χ0n) is 12.6. The van der Waals surface area contributed by atoms with Gasteiger partial charge in [-0.15, -0.1) is 0 Å². The Morgan fingerprint density at radius 2 is 1.60 bits per heavy atom. The Morgan fingerprint density at radius 1 is 1.08 bits per heavy atom. The van der Waals surface area contributed by atoms with Crippen molar-refractivity contribution >= 4 is 97.2 Å². The van der Waals surface area contributed by atoms with Gasteiger partial charge in [0.05, 0.1) is 30.5 Å². The molecule has 0 atom stereocenters. The number of benzene rings is 1. The van der Waals surface area contributed by atoms with Crippen molar-refractivity contribution in [1.82, 2.24) is 4.90 Å². The summed E-state index contributed by atoms with van der Waals surface area (Å²) in [6.45, 7) is -1.20. The first-order chi connectivity index (χ1) is 11.6. The number of halogens is 3. The van der Waals surface area contributed by atoms with Crippen LogP contribution in [0.3, 0.4) is 0 Å². The smallest absolute Gasteiger partial charge is 0.337 e. The number of nitrogens with zero attached hydrogens (tertiary/aromatic N) is 1. The first-order valence-electron chi connectivity index (χ1n) is 6.43. The molecule has 0 radical (unpaired) electrons. The Labute approximate surface area is 183 Å². The van der Waals surface area contributed by atoms with Crippen LogP contribution in [0.25, 0.3) is 0 Å². The number of aromatic carboxylic acids is 1. The molecule has 136 valence electrons. The maximum atomic E-state index is 12.7. The van der Waals surface area contributed by atoms with Crippen molar-refractivity contribution < 1.29 is 29.4 Å². The van der Waals surface area contributed by atoms with E-state index in [1.807, 2.05) is 0 Å². The number of anilines is 1. The third kappa shape index (κ3) is 4.77. The zero-order valence-corrected chi connectivity index (χ0v) is 19.1. The summed E-state index contributed by atoms with van der Waals surface area (Å²) in [6.07, 6.45) is 0. The fourth-order valence-electron chi connectivity index (χ4n) is 1.75. The highest BCUT2D eigenvalue weighted by molar-refractivity contribution is 14.1. The largest absolute Gasteiger partial charge is 0.478 e. The highest BCUT2D eigenvalue weighted by atomic mass is 127. The number of carboxylic acid groups (broad SMARTS) is 1. The van der Waals surface area contributed by atoms with Gasteiger partial charge < -0.3 is 21.3 Å². The third-order valence-corrected chi connectivity index (χ3v) is 6.24. The Balaban J connectivity index is 3.72. The molecule has 9 nitrogen and oxygen atoms in total. The van der Waals surface area contributed by atoms with Gasteiger partial charge in [0.2, 0.25) is 11.8 Å². The number of nitrogens with one attached hydrogen (secondary N) is 1. The van der Waals surface area contributed by atoms with Crippen molar-refractivity contribution in [3.8, 4) is 0 Å². The first-order valence-corrected chi connectivity index (χ1v) is 9.67. The molecule has 0 heterocycles. The van der Waals surface area contributed by atoms with Crippen LogP contribution < -0.4 is 11.1 Å². The van der Waals surface area contributed by atoms with Crippen LogP contribution in [0.5, 0.6) is 0 Å². The molecule has 0 saturated carbocycles. The third-order valence-electron chi connectivity index (χ3n) is 3.01. The SMILES string of the molecule is CN(C(=O)CN)C(=O)c1c(I)c(NC(=O)CO)c(I)c(C(=O)O)c1I. The maximum absolute atomic E-state index is 12.7. The van der Waals surface area contributed by atoms with Crippen LogP contribution in [0.2, 0.25) is 0 Å². The molecule has 0 bridgehead atoms. The van der Waals surface area contributed by atoms with Crippen LogP contribution in [0.1, 0.15) is 20.7 Å². The molecule has 0 aliphatic heterocycles. The van der Waals surface area contributed by atoms with Crippen LogP contribution in [-0.2, 0) is 9.59 Å². The molecular formula is C13H12I3N3O6. The lowest BCUT2D eigenvalue weighted by molar-refractivity contribution is -0.126. The van der Waals surface area contributed by atoms with E-state index >= 15 is 0 Å². The summed E-state index contributed by atoms with van der Waals surface area (Å²) in [5.41, 5.74) is 5.10. The second kappa shape index (κ2) is 9.38. The van der Waals surface area contributed by atoms with Crippen molar-refractivity contribution in [3.63, 3.8) is 0 Å². The fourth-order valence-corrected chi connectivity index (χ4v) is 6.10. The average molecular weight is 687 g/mol. The van der Waals surface area contributed by atoms with Gasteiger partial charge in [0.1, 0.15) is 6.61 Å². The van der Waals surface area contributed by atoms with Gasteiger partial charge in [-0.25, -0.2) is 4.79 Å². The van der Waals surface area contributed by atoms with E-state index in [0.29, 0.717) is 0 Å². The number of hydrogen-bond donors (Lipinski definition) is 4. The molecule has 25 heavy (non-hydrogen) atoms. The van der Waals surface area contributed by atoms with Gasteiger partial charge in [0.25, 0.3) is 5.91 Å². The molecule has 0 aromatic heterocycles. The second-order valence-corrected chi connectivity index (χ2v) is 7.78. The average Bonchev–Trinajstić information content (AvgIpc) is 2.56. The Hall–Kier alpha value is -0.590. The fraction of sp³-hybridized carbons (Fsp3) is 0.231. The molecule has 0 spiro atoms. The van der Waals surface area contributed by atoms with Gasteiger partial charge in [0.15, 0.2) is 0 Å². The van der Waals surface area contributed by atoms with E-state index in [1.165, 1.54) is 7.05 Å². The van der Waals surface area contributed by atoms with Crippen LogP contribution in [0.15, 0.2) is 0 Å². The zero-order chi connectivity index (χ0) is 19.5. The number of likely N-dealkylation sites (N-methyl/N-ethyl adjacent to an activating group) is 1. The Bertz CT molecular complexity index is 768. The normalized spacial score (nSPS) is 10.3. The number of carboxylic acids is 1. The van der Waals surface area contributed by atoms with Gasteiger partial charge >= 0.3 is 5.97 Å². The Morgan fingerprint density at radius 3 is 2.04 bits per heavy atom. The number of rotatable bonds is 5. The number of aliphatic hydroxyl groups is 1. The summed E-state index contributed by atoms with van der Waals surface area (Å²) < 4.78 is 0.576. The minimum absolute atomic E-state index is 0.0449. The molecule has 12 heteroatoms. The van der Waals surface area contributed by atoms with E-state index in [4.69, 9.17) is 10.8 Å². The monoisotopic (exact) mass is 687 g/mol. The van der Waals surface area contributed by atoms with E-state index in [-0.39, 0.29) is 34.1 Å². The number of carbonyl (C=O) groups is 4. The van der Waals surface area contributed by atoms with Gasteiger partial charge in [-0.3, -0.25) is 19.3 Å². The van der Waals surface area contributed by atoms with Gasteiger partial charge in [-0.05, 0) is 67.8 Å². The van der Waals surface area contributed by atoms with Gasteiger partial charge in [-0.1, -0.05) is 0 Å². The van der Waals surface area contributed by atoms with E-state index < -0.39 is 30.3 Å². The molecular weight excluding hydrogens is 675 g/mol. The first kappa shape index (κ1) is 22.5. The second-order valence-electron chi connectivity index (χ2n) is 4.54. The quantitative estimate of drug-likeness (QED) is 0.333. The molecule has 0 saturated heterocycles. The summed E-state index contributed by atoms with van der Waals surface area (Å²) in [4.78, 5) is 48.3. The van der Waals surface area contributed by atoms with E-state index in [9.17, 15) is 24.3 Å². The molecule has 1 aromatic carbocycles. The standard InChI is InChI=1S/C13H12I3N3O6/c1-19(5(22)2-17)12(23)6-8(14)7(13(24)25)10(16)11(9(6)15)18-4(21)3-20/h20H,2-3,17H2,1H3,(H,18,21)(H,24,25). The van der Waals surface area contributed by atoms with Crippen molar-refractivity contribution in [2.75, 3.05) is 25.5 Å². The van der Waals surface area contributed by atoms with Crippen molar-refractivity contribution in [3.05, 3.63) is 21.8 Å². The number of nitrogens with two attached hydrogens (primary N) is 1. The van der Waals surface area contributed by atoms with Crippen LogP contribution in [-0.4, -0.2) is 59.0 Å². The molecule has 0 aliphatic carbocycles. The molecule has 5 N–H and O–H groups in total. The molecule has 0 unspecified atom stereocenters. The predicted molar refractivity (Wildman–Crippen MR) is 113 cm³/mol. The number of carbonyl (C=O) groups excluding carboxylic acids is 3. The summed E-state index contributed by atoms with van der Waals surface area (Å²) in [5, 5.41) is 20.8. The van der Waals surface area contributed by atoms with E-state index in [0.717, 1.165) is 4.90 Å². The van der Waals surface area contributed by atoms with Crippen molar-refractivity contribution in [1.29, 1.82) is 0 Å². The lowest BCUT2D eigenvalue weighted by Crippen LogP contribution is -2.38. The summed E-state index contributed by atoms with van der Waals surface area (Å²) >= 11 is 5.22. The topological polar surface area (TPSA) is 150 Å². The van der Waals surface area contributed by atoms with Crippen molar-refractivity contribution in [2.24, 2.45) is 5.73 Å². The minimum atomic E-state index is -1.30. The van der Waals surface area contributed by atoms with Crippen LogP contribution >= 0.6 is 67.8 Å². The van der Waals surface area contributed by atoms with E-state index in [2.05, 4.69) is 5.32 Å². The summed E-state index contributed by atoms with van der Waals surface area (Å²) in [5.74, 6) is -3.46. The Kier molecular flexibility index (Phi) is 8.42. The van der Waals surface area contributed by atoms with Gasteiger partial charge in [-0.2, -0.15) is 0 Å². The minimum Gasteiger partial charge on any atom is -0.478 e. The van der Waals surface area contributed by atoms with Gasteiger partial charge in [0, 0.05) is 10.6 Å². The number of aliphatic hydroxyl groups excluding tert-OH is 1. The molecule has 0 fully saturated rings. The van der Waals surface area contributed by atoms with Crippen LogP contribution in [0.4, 0.5) is 5.69 Å². The molecule has 3 amide bonds. The number of amides is 3. The molecule has 1 rings (SSSR count).